The van der Waals surface area contributed by atoms with Gasteiger partial charge >= 0.3 is 0 Å². The molecule has 0 aliphatic heterocycles. The molecule has 3 rings (SSSR count). The van der Waals surface area contributed by atoms with Gasteiger partial charge in [-0.2, -0.15) is 0 Å². The lowest BCUT2D eigenvalue weighted by Crippen LogP contribution is -2.26. The summed E-state index contributed by atoms with van der Waals surface area (Å²) in [7, 11) is 1.51. The largest absolute Gasteiger partial charge is 0.457 e. The van der Waals surface area contributed by atoms with Crippen LogP contribution in [0, 0.1) is 11.6 Å². The molecule has 0 bridgehead atoms. The minimum absolute atomic E-state index is 0.137. The number of nitrogens with one attached hydrogen (secondary N) is 2. The summed E-state index contributed by atoms with van der Waals surface area (Å²) in [4.78, 5) is 27.9. The number of pyridine rings is 1. The minimum atomic E-state index is -1.14. The number of rotatable bonds is 7. The summed E-state index contributed by atoms with van der Waals surface area (Å²) in [5.74, 6) is -2.19. The van der Waals surface area contributed by atoms with Crippen LogP contribution in [0.4, 0.5) is 8.78 Å². The van der Waals surface area contributed by atoms with Crippen LogP contribution in [-0.2, 0) is 6.42 Å². The molecular formula is C22H18ClF2N3O3. The van der Waals surface area contributed by atoms with Gasteiger partial charge in [-0.15, -0.1) is 0 Å². The van der Waals surface area contributed by atoms with Gasteiger partial charge in [-0.05, 0) is 42.3 Å². The van der Waals surface area contributed by atoms with Crippen molar-refractivity contribution < 1.29 is 23.1 Å². The van der Waals surface area contributed by atoms with Crippen molar-refractivity contribution in [3.63, 3.8) is 0 Å². The third kappa shape index (κ3) is 5.76. The maximum atomic E-state index is 13.4. The number of amides is 2. The molecule has 9 heteroatoms. The quantitative estimate of drug-likeness (QED) is 0.536. The second kappa shape index (κ2) is 9.99. The van der Waals surface area contributed by atoms with Crippen molar-refractivity contribution in [1.82, 2.24) is 15.6 Å². The fourth-order valence-corrected chi connectivity index (χ4v) is 2.98. The predicted molar refractivity (Wildman–Crippen MR) is 112 cm³/mol. The number of benzene rings is 2. The normalized spacial score (nSPS) is 10.5. The molecule has 0 atom stereocenters. The van der Waals surface area contributed by atoms with Gasteiger partial charge in [0.2, 0.25) is 0 Å². The Balaban J connectivity index is 1.61. The van der Waals surface area contributed by atoms with Crippen molar-refractivity contribution in [3.05, 3.63) is 88.2 Å². The Morgan fingerprint density at radius 2 is 1.77 bits per heavy atom. The molecule has 0 fully saturated rings. The number of halogens is 3. The average Bonchev–Trinajstić information content (AvgIpc) is 2.76. The number of ether oxygens (including phenoxy) is 1. The molecule has 0 aliphatic rings. The lowest BCUT2D eigenvalue weighted by Gasteiger charge is -2.10. The maximum Gasteiger partial charge on any atom is 0.269 e. The molecular weight excluding hydrogens is 428 g/mol. The van der Waals surface area contributed by atoms with Crippen molar-refractivity contribution in [3.8, 4) is 11.5 Å². The molecule has 0 unspecified atom stereocenters. The summed E-state index contributed by atoms with van der Waals surface area (Å²) < 4.78 is 32.3. The lowest BCUT2D eigenvalue weighted by molar-refractivity contribution is 0.0947. The first-order valence-corrected chi connectivity index (χ1v) is 9.63. The van der Waals surface area contributed by atoms with Crippen LogP contribution in [0.3, 0.4) is 0 Å². The number of carbonyl (C=O) groups excluding carboxylic acids is 2. The SMILES string of the molecule is CNC(=O)c1cc(Oc2cccc(CCNC(=O)c3cc(F)c(F)cc3Cl)c2)ccn1. The molecule has 0 aliphatic carbocycles. The number of hydrogen-bond donors (Lipinski definition) is 2. The van der Waals surface area contributed by atoms with E-state index in [1.165, 1.54) is 19.3 Å². The van der Waals surface area contributed by atoms with Crippen molar-refractivity contribution in [2.24, 2.45) is 0 Å². The third-order valence-corrected chi connectivity index (χ3v) is 4.59. The van der Waals surface area contributed by atoms with Gasteiger partial charge in [-0.1, -0.05) is 23.7 Å². The highest BCUT2D eigenvalue weighted by atomic mass is 35.5. The Hall–Kier alpha value is -3.52. The van der Waals surface area contributed by atoms with Crippen LogP contribution in [0.25, 0.3) is 0 Å². The zero-order chi connectivity index (χ0) is 22.4. The molecule has 2 amide bonds. The van der Waals surface area contributed by atoms with Gasteiger partial charge < -0.3 is 15.4 Å². The number of hydrogen-bond acceptors (Lipinski definition) is 4. The van der Waals surface area contributed by atoms with Gasteiger partial charge in [-0.3, -0.25) is 14.6 Å². The first-order valence-electron chi connectivity index (χ1n) is 9.25. The highest BCUT2D eigenvalue weighted by molar-refractivity contribution is 6.33. The first kappa shape index (κ1) is 22.2. The van der Waals surface area contributed by atoms with E-state index in [1.54, 1.807) is 24.3 Å². The minimum Gasteiger partial charge on any atom is -0.457 e. The molecule has 0 spiro atoms. The Labute approximate surface area is 182 Å². The Kier molecular flexibility index (Phi) is 7.15. The van der Waals surface area contributed by atoms with Crippen LogP contribution in [0.5, 0.6) is 11.5 Å². The Morgan fingerprint density at radius 3 is 2.55 bits per heavy atom. The van der Waals surface area contributed by atoms with E-state index in [4.69, 9.17) is 16.3 Å². The third-order valence-electron chi connectivity index (χ3n) is 4.28. The summed E-state index contributed by atoms with van der Waals surface area (Å²) in [5.41, 5.74) is 0.965. The lowest BCUT2D eigenvalue weighted by atomic mass is 10.1. The summed E-state index contributed by atoms with van der Waals surface area (Å²) in [6.07, 6.45) is 1.94. The van der Waals surface area contributed by atoms with Gasteiger partial charge in [-0.25, -0.2) is 8.78 Å². The van der Waals surface area contributed by atoms with E-state index >= 15 is 0 Å². The van der Waals surface area contributed by atoms with Crippen LogP contribution in [0.2, 0.25) is 5.02 Å². The van der Waals surface area contributed by atoms with Gasteiger partial charge in [0.1, 0.15) is 17.2 Å². The molecule has 0 saturated carbocycles. The van der Waals surface area contributed by atoms with Gasteiger partial charge in [0.05, 0.1) is 10.6 Å². The standard InChI is InChI=1S/C22H18ClF2N3O3/c1-26-22(30)20-10-15(6-8-27-20)31-14-4-2-3-13(9-14)5-7-28-21(29)16-11-18(24)19(25)12-17(16)23/h2-4,6,8-12H,5,7H2,1H3,(H,26,30)(H,28,29). The monoisotopic (exact) mass is 445 g/mol. The zero-order valence-corrected chi connectivity index (χ0v) is 17.2. The Morgan fingerprint density at radius 1 is 1.03 bits per heavy atom. The molecule has 31 heavy (non-hydrogen) atoms. The van der Waals surface area contributed by atoms with Gasteiger partial charge in [0.25, 0.3) is 11.8 Å². The number of nitrogens with zero attached hydrogens (tertiary/aromatic N) is 1. The van der Waals surface area contributed by atoms with Crippen molar-refractivity contribution in [2.75, 3.05) is 13.6 Å². The van der Waals surface area contributed by atoms with E-state index in [-0.39, 0.29) is 28.7 Å². The van der Waals surface area contributed by atoms with Crippen LogP contribution < -0.4 is 15.4 Å². The Bertz CT molecular complexity index is 1120. The molecule has 0 saturated heterocycles. The molecule has 1 heterocycles. The van der Waals surface area contributed by atoms with Gasteiger partial charge in [0.15, 0.2) is 11.6 Å². The van der Waals surface area contributed by atoms with Crippen LogP contribution in [-0.4, -0.2) is 30.4 Å². The van der Waals surface area contributed by atoms with Gasteiger partial charge in [0, 0.05) is 25.9 Å². The predicted octanol–water partition coefficient (Wildman–Crippen LogP) is 4.14. The van der Waals surface area contributed by atoms with Crippen LogP contribution >= 0.6 is 11.6 Å². The maximum absolute atomic E-state index is 13.4. The summed E-state index contributed by atoms with van der Waals surface area (Å²) in [6, 6.07) is 11.9. The summed E-state index contributed by atoms with van der Waals surface area (Å²) in [5, 5.41) is 4.95. The molecule has 1 aromatic heterocycles. The van der Waals surface area contributed by atoms with E-state index in [2.05, 4.69) is 15.6 Å². The molecule has 3 aromatic rings. The van der Waals surface area contributed by atoms with Crippen LogP contribution in [0.1, 0.15) is 26.4 Å². The van der Waals surface area contributed by atoms with E-state index in [1.807, 2.05) is 6.07 Å². The van der Waals surface area contributed by atoms with Crippen molar-refractivity contribution in [1.29, 1.82) is 0 Å². The van der Waals surface area contributed by atoms with E-state index in [0.717, 1.165) is 17.7 Å². The highest BCUT2D eigenvalue weighted by Crippen LogP contribution is 2.23. The fourth-order valence-electron chi connectivity index (χ4n) is 2.74. The zero-order valence-electron chi connectivity index (χ0n) is 16.4. The van der Waals surface area contributed by atoms with E-state index in [9.17, 15) is 18.4 Å². The van der Waals surface area contributed by atoms with E-state index in [0.29, 0.717) is 17.9 Å². The molecule has 2 aromatic carbocycles. The highest BCUT2D eigenvalue weighted by Gasteiger charge is 2.14. The second-order valence-electron chi connectivity index (χ2n) is 6.46. The average molecular weight is 446 g/mol. The molecule has 6 nitrogen and oxygen atoms in total. The van der Waals surface area contributed by atoms with Crippen molar-refractivity contribution >= 4 is 23.4 Å². The fraction of sp³-hybridized carbons (Fsp3) is 0.136. The van der Waals surface area contributed by atoms with Crippen molar-refractivity contribution in [2.45, 2.75) is 6.42 Å². The number of carbonyl (C=O) groups is 2. The number of aromatic nitrogens is 1. The van der Waals surface area contributed by atoms with Crippen LogP contribution in [0.15, 0.2) is 54.7 Å². The topological polar surface area (TPSA) is 80.3 Å². The summed E-state index contributed by atoms with van der Waals surface area (Å²) in [6.45, 7) is 0.244. The molecule has 2 N–H and O–H groups in total. The molecule has 0 radical (unpaired) electrons. The first-order chi connectivity index (χ1) is 14.9. The molecule has 160 valence electrons. The van der Waals surface area contributed by atoms with E-state index < -0.39 is 17.5 Å². The second-order valence-corrected chi connectivity index (χ2v) is 6.86. The summed E-state index contributed by atoms with van der Waals surface area (Å²) >= 11 is 5.82. The smallest absolute Gasteiger partial charge is 0.269 e.